The molecule has 1 heterocycles. The number of hydrogen-bond acceptors (Lipinski definition) is 4. The molecule has 1 aromatic rings. The fourth-order valence-electron chi connectivity index (χ4n) is 2.29. The van der Waals surface area contributed by atoms with E-state index in [1.165, 1.54) is 0 Å². The minimum Gasteiger partial charge on any atom is -0.361 e. The van der Waals surface area contributed by atoms with Gasteiger partial charge in [-0.3, -0.25) is 4.79 Å². The second kappa shape index (κ2) is 5.31. The first-order chi connectivity index (χ1) is 8.15. The molecule has 1 saturated carbocycles. The first kappa shape index (κ1) is 12.1. The van der Waals surface area contributed by atoms with Crippen molar-refractivity contribution >= 4 is 5.91 Å². The lowest BCUT2D eigenvalue weighted by Crippen LogP contribution is -2.37. The summed E-state index contributed by atoms with van der Waals surface area (Å²) < 4.78 is 4.94. The first-order valence-corrected chi connectivity index (χ1v) is 6.10. The second-order valence-electron chi connectivity index (χ2n) is 4.77. The Hall–Kier alpha value is -1.36. The van der Waals surface area contributed by atoms with E-state index < -0.39 is 0 Å². The molecule has 3 N–H and O–H groups in total. The summed E-state index contributed by atoms with van der Waals surface area (Å²) in [7, 11) is 0. The number of carbonyl (C=O) groups is 1. The third kappa shape index (κ3) is 3.30. The van der Waals surface area contributed by atoms with Crippen molar-refractivity contribution in [2.24, 2.45) is 11.7 Å². The Morgan fingerprint density at radius 1 is 1.65 bits per heavy atom. The lowest BCUT2D eigenvalue weighted by atomic mass is 9.85. The van der Waals surface area contributed by atoms with Gasteiger partial charge in [-0.2, -0.15) is 0 Å². The molecule has 1 fully saturated rings. The van der Waals surface area contributed by atoms with Gasteiger partial charge < -0.3 is 15.6 Å². The van der Waals surface area contributed by atoms with Crippen LogP contribution in [0.15, 0.2) is 10.6 Å². The Morgan fingerprint density at radius 2 is 2.47 bits per heavy atom. The summed E-state index contributed by atoms with van der Waals surface area (Å²) >= 11 is 0. The van der Waals surface area contributed by atoms with E-state index in [-0.39, 0.29) is 17.9 Å². The van der Waals surface area contributed by atoms with Crippen molar-refractivity contribution in [3.8, 4) is 0 Å². The van der Waals surface area contributed by atoms with Crippen LogP contribution in [0.5, 0.6) is 0 Å². The normalized spacial score (nSPS) is 24.6. The lowest BCUT2D eigenvalue weighted by molar-refractivity contribution is -0.126. The molecule has 2 atom stereocenters. The topological polar surface area (TPSA) is 81.2 Å². The highest BCUT2D eigenvalue weighted by atomic mass is 16.5. The van der Waals surface area contributed by atoms with Crippen LogP contribution in [0, 0.1) is 12.8 Å². The van der Waals surface area contributed by atoms with Crippen LogP contribution in [0.25, 0.3) is 0 Å². The molecule has 1 aliphatic rings. The lowest BCUT2D eigenvalue weighted by Gasteiger charge is -2.25. The van der Waals surface area contributed by atoms with Crippen LogP contribution >= 0.6 is 0 Å². The average molecular weight is 237 g/mol. The van der Waals surface area contributed by atoms with E-state index in [2.05, 4.69) is 10.5 Å². The van der Waals surface area contributed by atoms with Crippen LogP contribution in [0.3, 0.4) is 0 Å². The maximum Gasteiger partial charge on any atom is 0.223 e. The summed E-state index contributed by atoms with van der Waals surface area (Å²) in [6.45, 7) is 2.26. The van der Waals surface area contributed by atoms with Crippen molar-refractivity contribution in [1.82, 2.24) is 10.5 Å². The van der Waals surface area contributed by atoms with E-state index >= 15 is 0 Å². The van der Waals surface area contributed by atoms with Crippen molar-refractivity contribution in [3.63, 3.8) is 0 Å². The van der Waals surface area contributed by atoms with Gasteiger partial charge in [0.05, 0.1) is 6.54 Å². The third-order valence-corrected chi connectivity index (χ3v) is 3.21. The molecule has 2 rings (SSSR count). The van der Waals surface area contributed by atoms with Gasteiger partial charge >= 0.3 is 0 Å². The zero-order valence-corrected chi connectivity index (χ0v) is 10.1. The van der Waals surface area contributed by atoms with Gasteiger partial charge in [0.1, 0.15) is 11.5 Å². The molecule has 5 nitrogen and oxygen atoms in total. The van der Waals surface area contributed by atoms with Crippen LogP contribution in [0.2, 0.25) is 0 Å². The molecule has 17 heavy (non-hydrogen) atoms. The molecule has 1 aromatic heterocycles. The fourth-order valence-corrected chi connectivity index (χ4v) is 2.29. The highest BCUT2D eigenvalue weighted by Crippen LogP contribution is 2.23. The summed E-state index contributed by atoms with van der Waals surface area (Å²) in [5.41, 5.74) is 6.63. The van der Waals surface area contributed by atoms with Gasteiger partial charge in [-0.25, -0.2) is 0 Å². The van der Waals surface area contributed by atoms with E-state index in [1.54, 1.807) is 0 Å². The van der Waals surface area contributed by atoms with E-state index in [0.29, 0.717) is 6.54 Å². The molecule has 0 saturated heterocycles. The Bertz CT molecular complexity index is 389. The van der Waals surface area contributed by atoms with Gasteiger partial charge in [0.2, 0.25) is 5.91 Å². The van der Waals surface area contributed by atoms with E-state index in [1.807, 2.05) is 13.0 Å². The monoisotopic (exact) mass is 237 g/mol. The predicted molar refractivity (Wildman–Crippen MR) is 63.0 cm³/mol. The Balaban J connectivity index is 1.80. The highest BCUT2D eigenvalue weighted by molar-refractivity contribution is 5.78. The first-order valence-electron chi connectivity index (χ1n) is 6.10. The number of rotatable bonds is 3. The average Bonchev–Trinajstić information content (AvgIpc) is 2.72. The van der Waals surface area contributed by atoms with Gasteiger partial charge in [0.25, 0.3) is 0 Å². The molecule has 0 radical (unpaired) electrons. The molecule has 0 spiro atoms. The van der Waals surface area contributed by atoms with Gasteiger partial charge in [-0.1, -0.05) is 11.6 Å². The molecule has 0 aromatic carbocycles. The largest absolute Gasteiger partial charge is 0.361 e. The number of carbonyl (C=O) groups excluding carboxylic acids is 1. The van der Waals surface area contributed by atoms with Gasteiger partial charge in [-0.05, 0) is 26.2 Å². The predicted octanol–water partition coefficient (Wildman–Crippen LogP) is 1.12. The van der Waals surface area contributed by atoms with E-state index in [9.17, 15) is 4.79 Å². The minimum atomic E-state index is 0.0618. The Labute approximate surface area is 101 Å². The van der Waals surface area contributed by atoms with Crippen LogP contribution < -0.4 is 11.1 Å². The zero-order valence-electron chi connectivity index (χ0n) is 10.1. The van der Waals surface area contributed by atoms with Crippen molar-refractivity contribution in [3.05, 3.63) is 17.5 Å². The standard InChI is InChI=1S/C12H19N3O2/c1-8-5-11(15-17-8)7-14-12(16)9-3-2-4-10(13)6-9/h5,9-10H,2-4,6-7,13H2,1H3,(H,14,16). The molecule has 2 unspecified atom stereocenters. The SMILES string of the molecule is Cc1cc(CNC(=O)C2CCCC(N)C2)no1. The van der Waals surface area contributed by atoms with Crippen LogP contribution in [0.1, 0.15) is 37.1 Å². The Kier molecular flexibility index (Phi) is 3.78. The van der Waals surface area contributed by atoms with Crippen LogP contribution in [0.4, 0.5) is 0 Å². The number of aromatic nitrogens is 1. The smallest absolute Gasteiger partial charge is 0.223 e. The summed E-state index contributed by atoms with van der Waals surface area (Å²) in [6, 6.07) is 2.00. The molecule has 94 valence electrons. The molecule has 5 heteroatoms. The van der Waals surface area contributed by atoms with E-state index in [0.717, 1.165) is 37.1 Å². The number of amides is 1. The zero-order chi connectivity index (χ0) is 12.3. The molecule has 1 aliphatic carbocycles. The number of aryl methyl sites for hydroxylation is 1. The van der Waals surface area contributed by atoms with Crippen molar-refractivity contribution in [2.45, 2.75) is 45.2 Å². The maximum absolute atomic E-state index is 11.9. The molecule has 1 amide bonds. The maximum atomic E-state index is 11.9. The van der Waals surface area contributed by atoms with Crippen molar-refractivity contribution in [2.75, 3.05) is 0 Å². The van der Waals surface area contributed by atoms with Crippen LogP contribution in [-0.2, 0) is 11.3 Å². The van der Waals surface area contributed by atoms with Gasteiger partial charge in [0.15, 0.2) is 0 Å². The fraction of sp³-hybridized carbons (Fsp3) is 0.667. The second-order valence-corrected chi connectivity index (χ2v) is 4.77. The minimum absolute atomic E-state index is 0.0618. The summed E-state index contributed by atoms with van der Waals surface area (Å²) in [4.78, 5) is 11.9. The van der Waals surface area contributed by atoms with Gasteiger partial charge in [-0.15, -0.1) is 0 Å². The summed E-state index contributed by atoms with van der Waals surface area (Å²) in [5, 5.41) is 6.72. The van der Waals surface area contributed by atoms with Crippen molar-refractivity contribution < 1.29 is 9.32 Å². The van der Waals surface area contributed by atoms with E-state index in [4.69, 9.17) is 10.3 Å². The summed E-state index contributed by atoms with van der Waals surface area (Å²) in [5.74, 6) is 0.904. The Morgan fingerprint density at radius 3 is 3.12 bits per heavy atom. The van der Waals surface area contributed by atoms with Crippen molar-refractivity contribution in [1.29, 1.82) is 0 Å². The molecule has 0 bridgehead atoms. The third-order valence-electron chi connectivity index (χ3n) is 3.21. The summed E-state index contributed by atoms with van der Waals surface area (Å²) in [6.07, 6.45) is 3.82. The number of nitrogens with zero attached hydrogens (tertiary/aromatic N) is 1. The molecular formula is C12H19N3O2. The number of hydrogen-bond donors (Lipinski definition) is 2. The number of nitrogens with one attached hydrogen (secondary N) is 1. The van der Waals surface area contributed by atoms with Crippen LogP contribution in [-0.4, -0.2) is 17.1 Å². The highest BCUT2D eigenvalue weighted by Gasteiger charge is 2.25. The quantitative estimate of drug-likeness (QED) is 0.825. The molecular weight excluding hydrogens is 218 g/mol. The number of nitrogens with two attached hydrogens (primary N) is 1. The van der Waals surface area contributed by atoms with Gasteiger partial charge in [0, 0.05) is 18.0 Å². The molecule has 0 aliphatic heterocycles.